The zero-order valence-corrected chi connectivity index (χ0v) is 14.4. The standard InChI is InChI=1S/C16H12BrN3O4/c1-8(21)18-16-19-15(23)12(20(16)2)5-9-7-24-13-4-3-10(17)6-11(13)14(9)22/h3-7H,1-2H3,(H,18,19,21,23). The minimum absolute atomic E-state index is 0.117. The topological polar surface area (TPSA) is 92.0 Å². The van der Waals surface area contributed by atoms with Crippen molar-refractivity contribution >= 4 is 50.7 Å². The lowest BCUT2D eigenvalue weighted by atomic mass is 10.1. The van der Waals surface area contributed by atoms with E-state index in [1.807, 2.05) is 0 Å². The van der Waals surface area contributed by atoms with E-state index in [1.165, 1.54) is 24.2 Å². The van der Waals surface area contributed by atoms with Crippen LogP contribution in [-0.4, -0.2) is 29.7 Å². The minimum atomic E-state index is -0.546. The number of carbonyl (C=O) groups excluding carboxylic acids is 2. The molecule has 0 unspecified atom stereocenters. The summed E-state index contributed by atoms with van der Waals surface area (Å²) in [5, 5.41) is 2.85. The fourth-order valence-electron chi connectivity index (χ4n) is 2.28. The first-order valence-electron chi connectivity index (χ1n) is 6.94. The quantitative estimate of drug-likeness (QED) is 0.751. The van der Waals surface area contributed by atoms with Crippen LogP contribution in [0.4, 0.5) is 0 Å². The number of rotatable bonds is 1. The maximum absolute atomic E-state index is 12.6. The highest BCUT2D eigenvalue weighted by Crippen LogP contribution is 2.20. The Morgan fingerprint density at radius 1 is 1.38 bits per heavy atom. The van der Waals surface area contributed by atoms with Gasteiger partial charge in [0.1, 0.15) is 17.5 Å². The molecule has 0 saturated carbocycles. The lowest BCUT2D eigenvalue weighted by molar-refractivity contribution is -0.117. The summed E-state index contributed by atoms with van der Waals surface area (Å²) < 4.78 is 6.20. The highest BCUT2D eigenvalue weighted by atomic mass is 79.9. The van der Waals surface area contributed by atoms with Gasteiger partial charge in [0, 0.05) is 18.4 Å². The van der Waals surface area contributed by atoms with Crippen LogP contribution < -0.4 is 10.7 Å². The molecule has 1 N–H and O–H groups in total. The van der Waals surface area contributed by atoms with Crippen molar-refractivity contribution in [2.24, 2.45) is 4.99 Å². The Balaban J connectivity index is 2.05. The summed E-state index contributed by atoms with van der Waals surface area (Å²) in [5.74, 6) is -0.772. The maximum atomic E-state index is 12.6. The van der Waals surface area contributed by atoms with Crippen LogP contribution >= 0.6 is 15.9 Å². The van der Waals surface area contributed by atoms with Gasteiger partial charge in [-0.05, 0) is 24.3 Å². The van der Waals surface area contributed by atoms with Crippen LogP contribution in [0, 0.1) is 0 Å². The number of amides is 2. The molecule has 0 radical (unpaired) electrons. The van der Waals surface area contributed by atoms with Gasteiger partial charge in [-0.1, -0.05) is 15.9 Å². The van der Waals surface area contributed by atoms with E-state index in [9.17, 15) is 14.4 Å². The number of carbonyl (C=O) groups is 2. The number of aliphatic imine (C=N–C) groups is 1. The molecule has 3 rings (SSSR count). The van der Waals surface area contributed by atoms with Crippen LogP contribution in [0.3, 0.4) is 0 Å². The molecule has 2 heterocycles. The minimum Gasteiger partial charge on any atom is -0.463 e. The van der Waals surface area contributed by atoms with Crippen molar-refractivity contribution in [3.8, 4) is 0 Å². The third-order valence-corrected chi connectivity index (χ3v) is 3.94. The van der Waals surface area contributed by atoms with Crippen LogP contribution in [0.15, 0.2) is 48.8 Å². The summed E-state index contributed by atoms with van der Waals surface area (Å²) in [4.78, 5) is 40.9. The lowest BCUT2D eigenvalue weighted by Gasteiger charge is -2.14. The van der Waals surface area contributed by atoms with Gasteiger partial charge in [-0.2, -0.15) is 4.99 Å². The summed E-state index contributed by atoms with van der Waals surface area (Å²) in [6.45, 7) is 1.32. The molecule has 0 fully saturated rings. The van der Waals surface area contributed by atoms with Crippen LogP contribution in [0.5, 0.6) is 0 Å². The second kappa shape index (κ2) is 6.04. The Morgan fingerprint density at radius 3 is 2.83 bits per heavy atom. The van der Waals surface area contributed by atoms with Crippen molar-refractivity contribution in [1.82, 2.24) is 10.2 Å². The van der Waals surface area contributed by atoms with Crippen molar-refractivity contribution < 1.29 is 14.0 Å². The molecular formula is C16H12BrN3O4. The van der Waals surface area contributed by atoms with E-state index in [2.05, 4.69) is 26.2 Å². The number of nitrogens with one attached hydrogen (secondary N) is 1. The molecule has 7 nitrogen and oxygen atoms in total. The Bertz CT molecular complexity index is 990. The molecule has 0 spiro atoms. The van der Waals surface area contributed by atoms with Gasteiger partial charge in [-0.3, -0.25) is 19.7 Å². The molecule has 1 aromatic heterocycles. The van der Waals surface area contributed by atoms with Gasteiger partial charge in [-0.25, -0.2) is 0 Å². The number of hydrogen-bond acceptors (Lipinski definition) is 5. The van der Waals surface area contributed by atoms with Gasteiger partial charge in [0.2, 0.25) is 11.9 Å². The van der Waals surface area contributed by atoms with E-state index in [4.69, 9.17) is 4.42 Å². The van der Waals surface area contributed by atoms with Gasteiger partial charge < -0.3 is 9.32 Å². The summed E-state index contributed by atoms with van der Waals surface area (Å²) in [6, 6.07) is 5.11. The van der Waals surface area contributed by atoms with Crippen molar-refractivity contribution in [2.45, 2.75) is 6.92 Å². The van der Waals surface area contributed by atoms with Gasteiger partial charge >= 0.3 is 0 Å². The summed E-state index contributed by atoms with van der Waals surface area (Å²) in [6.07, 6.45) is 2.69. The fraction of sp³-hybridized carbons (Fsp3) is 0.125. The molecule has 8 heteroatoms. The summed E-state index contributed by atoms with van der Waals surface area (Å²) in [7, 11) is 1.57. The average molecular weight is 390 g/mol. The van der Waals surface area contributed by atoms with E-state index >= 15 is 0 Å². The largest absolute Gasteiger partial charge is 0.463 e. The predicted molar refractivity (Wildman–Crippen MR) is 92.2 cm³/mol. The SMILES string of the molecule is CC(=O)NC1=NC(=O)C(=Cc2coc3ccc(Br)cc3c2=O)N1C. The van der Waals surface area contributed by atoms with E-state index in [-0.39, 0.29) is 28.6 Å². The maximum Gasteiger partial charge on any atom is 0.296 e. The van der Waals surface area contributed by atoms with Crippen molar-refractivity contribution in [2.75, 3.05) is 7.05 Å². The molecule has 2 aromatic rings. The van der Waals surface area contributed by atoms with Gasteiger partial charge in [0.05, 0.1) is 10.9 Å². The Hall–Kier alpha value is -2.74. The number of nitrogens with zero attached hydrogens (tertiary/aromatic N) is 2. The highest BCUT2D eigenvalue weighted by molar-refractivity contribution is 9.10. The van der Waals surface area contributed by atoms with Crippen molar-refractivity contribution in [3.05, 3.63) is 50.4 Å². The highest BCUT2D eigenvalue weighted by Gasteiger charge is 2.27. The summed E-state index contributed by atoms with van der Waals surface area (Å²) >= 11 is 3.31. The lowest BCUT2D eigenvalue weighted by Crippen LogP contribution is -2.37. The Labute approximate surface area is 144 Å². The number of guanidine groups is 1. The first-order chi connectivity index (χ1) is 11.4. The normalized spacial score (nSPS) is 16.0. The number of fused-ring (bicyclic) bond motifs is 1. The smallest absolute Gasteiger partial charge is 0.296 e. The second-order valence-electron chi connectivity index (χ2n) is 5.17. The van der Waals surface area contributed by atoms with Crippen LogP contribution in [0.2, 0.25) is 0 Å². The van der Waals surface area contributed by atoms with Crippen molar-refractivity contribution in [1.29, 1.82) is 0 Å². The molecule has 2 amide bonds. The third kappa shape index (κ3) is 2.88. The molecule has 1 aliphatic rings. The first kappa shape index (κ1) is 16.1. The van der Waals surface area contributed by atoms with Crippen LogP contribution in [0.25, 0.3) is 17.0 Å². The zero-order valence-electron chi connectivity index (χ0n) is 12.8. The Morgan fingerprint density at radius 2 is 2.12 bits per heavy atom. The van der Waals surface area contributed by atoms with Crippen LogP contribution in [0.1, 0.15) is 12.5 Å². The molecular weight excluding hydrogens is 378 g/mol. The number of likely N-dealkylation sites (N-methyl/N-ethyl adjacent to an activating group) is 1. The van der Waals surface area contributed by atoms with Gasteiger partial charge in [0.15, 0.2) is 5.43 Å². The monoisotopic (exact) mass is 389 g/mol. The molecule has 0 atom stereocenters. The molecule has 24 heavy (non-hydrogen) atoms. The van der Waals surface area contributed by atoms with E-state index < -0.39 is 5.91 Å². The number of halogens is 1. The zero-order chi connectivity index (χ0) is 17.4. The molecule has 1 aliphatic heterocycles. The van der Waals surface area contributed by atoms with E-state index in [0.717, 1.165) is 4.47 Å². The van der Waals surface area contributed by atoms with E-state index in [0.29, 0.717) is 11.0 Å². The van der Waals surface area contributed by atoms with Crippen LogP contribution in [-0.2, 0) is 9.59 Å². The van der Waals surface area contributed by atoms with E-state index in [1.54, 1.807) is 25.2 Å². The Kier molecular flexibility index (Phi) is 4.06. The molecule has 1 aromatic carbocycles. The number of benzene rings is 1. The third-order valence-electron chi connectivity index (χ3n) is 3.45. The average Bonchev–Trinajstić information content (AvgIpc) is 2.77. The first-order valence-corrected chi connectivity index (χ1v) is 7.73. The molecule has 0 saturated heterocycles. The summed E-state index contributed by atoms with van der Waals surface area (Å²) in [5.41, 5.74) is 0.571. The fourth-order valence-corrected chi connectivity index (χ4v) is 2.64. The number of hydrogen-bond donors (Lipinski definition) is 1. The molecule has 122 valence electrons. The van der Waals surface area contributed by atoms with Gasteiger partial charge in [-0.15, -0.1) is 0 Å². The molecule has 0 aliphatic carbocycles. The molecule has 0 bridgehead atoms. The second-order valence-corrected chi connectivity index (χ2v) is 6.09. The predicted octanol–water partition coefficient (Wildman–Crippen LogP) is 1.86. The van der Waals surface area contributed by atoms with Crippen molar-refractivity contribution in [3.63, 3.8) is 0 Å². The van der Waals surface area contributed by atoms with Gasteiger partial charge in [0.25, 0.3) is 5.91 Å².